The molecule has 0 radical (unpaired) electrons. The van der Waals surface area contributed by atoms with Crippen molar-refractivity contribution in [1.29, 1.82) is 0 Å². The van der Waals surface area contributed by atoms with Crippen molar-refractivity contribution in [3.8, 4) is 0 Å². The van der Waals surface area contributed by atoms with E-state index >= 15 is 0 Å². The molecule has 8 heteroatoms. The molecule has 0 aromatic carbocycles. The van der Waals surface area contributed by atoms with Crippen molar-refractivity contribution in [1.82, 2.24) is 9.88 Å². The van der Waals surface area contributed by atoms with Gasteiger partial charge in [0.25, 0.3) is 0 Å². The lowest BCUT2D eigenvalue weighted by atomic mass is 10.1. The van der Waals surface area contributed by atoms with Gasteiger partial charge in [-0.2, -0.15) is 0 Å². The molecule has 0 atom stereocenters. The maximum atomic E-state index is 12.6. The highest BCUT2D eigenvalue weighted by Crippen LogP contribution is 2.34. The molecule has 3 rings (SSSR count). The Labute approximate surface area is 175 Å². The Balaban J connectivity index is 1.59. The highest BCUT2D eigenvalue weighted by Gasteiger charge is 2.24. The number of hydrogen-bond acceptors (Lipinski definition) is 7. The summed E-state index contributed by atoms with van der Waals surface area (Å²) in [5, 5.41) is 3.54. The van der Waals surface area contributed by atoms with E-state index in [9.17, 15) is 9.59 Å². The molecular formula is C21H28N4O3S. The molecule has 1 fully saturated rings. The Kier molecular flexibility index (Phi) is 7.22. The minimum Gasteiger partial charge on any atom is -0.462 e. The van der Waals surface area contributed by atoms with Crippen LogP contribution in [0.2, 0.25) is 0 Å². The van der Waals surface area contributed by atoms with E-state index in [0.717, 1.165) is 48.9 Å². The van der Waals surface area contributed by atoms with Crippen LogP contribution in [0.4, 0.5) is 10.8 Å². The van der Waals surface area contributed by atoms with Crippen molar-refractivity contribution >= 4 is 34.0 Å². The number of hydrogen-bond donors (Lipinski definition) is 1. The quantitative estimate of drug-likeness (QED) is 0.700. The zero-order valence-electron chi connectivity index (χ0n) is 17.2. The van der Waals surface area contributed by atoms with Gasteiger partial charge in [0.15, 0.2) is 0 Å². The largest absolute Gasteiger partial charge is 0.462 e. The van der Waals surface area contributed by atoms with E-state index in [1.165, 1.54) is 11.3 Å². The number of carbonyl (C=O) groups excluding carboxylic acids is 2. The zero-order chi connectivity index (χ0) is 20.8. The van der Waals surface area contributed by atoms with Crippen molar-refractivity contribution in [3.05, 3.63) is 40.4 Å². The van der Waals surface area contributed by atoms with Gasteiger partial charge in [0.1, 0.15) is 10.8 Å². The third kappa shape index (κ3) is 5.13. The lowest BCUT2D eigenvalue weighted by molar-refractivity contribution is -0.117. The van der Waals surface area contributed by atoms with Crippen LogP contribution in [0.3, 0.4) is 0 Å². The van der Waals surface area contributed by atoms with Crippen LogP contribution in [0.1, 0.15) is 34.6 Å². The van der Waals surface area contributed by atoms with Crippen molar-refractivity contribution in [2.75, 3.05) is 49.5 Å². The molecule has 3 heterocycles. The number of aromatic nitrogens is 1. The molecule has 1 aliphatic rings. The van der Waals surface area contributed by atoms with Gasteiger partial charge < -0.3 is 15.0 Å². The second-order valence-corrected chi connectivity index (χ2v) is 8.03. The van der Waals surface area contributed by atoms with Crippen molar-refractivity contribution in [2.45, 2.75) is 27.2 Å². The Morgan fingerprint density at radius 2 is 1.97 bits per heavy atom. The standard InChI is InChI=1S/C21H28N4O3S/c1-4-16-15(3)19(21(27)28-5-2)20(29-16)23-18(26)14-24-10-12-25(13-11-24)17-8-6-7-9-22-17/h6-9H,4-5,10-14H2,1-3H3,(H,23,26). The fourth-order valence-electron chi connectivity index (χ4n) is 3.48. The first-order valence-corrected chi connectivity index (χ1v) is 10.8. The zero-order valence-corrected chi connectivity index (χ0v) is 18.1. The second-order valence-electron chi connectivity index (χ2n) is 6.93. The highest BCUT2D eigenvalue weighted by atomic mass is 32.1. The molecule has 0 aliphatic carbocycles. The second kappa shape index (κ2) is 9.84. The van der Waals surface area contributed by atoms with Crippen LogP contribution in [0.25, 0.3) is 0 Å². The molecule has 0 unspecified atom stereocenters. The summed E-state index contributed by atoms with van der Waals surface area (Å²) < 4.78 is 5.19. The monoisotopic (exact) mass is 416 g/mol. The summed E-state index contributed by atoms with van der Waals surface area (Å²) >= 11 is 1.46. The van der Waals surface area contributed by atoms with Crippen LogP contribution in [0.15, 0.2) is 24.4 Å². The number of rotatable bonds is 7. The number of carbonyl (C=O) groups is 2. The number of pyridine rings is 1. The molecule has 1 amide bonds. The molecule has 0 bridgehead atoms. The van der Waals surface area contributed by atoms with Crippen LogP contribution >= 0.6 is 11.3 Å². The molecular weight excluding hydrogens is 388 g/mol. The van der Waals surface area contributed by atoms with Gasteiger partial charge in [-0.3, -0.25) is 9.69 Å². The SMILES string of the molecule is CCOC(=O)c1c(NC(=O)CN2CCN(c3ccccn3)CC2)sc(CC)c1C. The number of thiophene rings is 1. The average Bonchev–Trinajstić information content (AvgIpc) is 3.04. The summed E-state index contributed by atoms with van der Waals surface area (Å²) in [6.45, 7) is 9.59. The molecule has 156 valence electrons. The molecule has 29 heavy (non-hydrogen) atoms. The van der Waals surface area contributed by atoms with E-state index in [0.29, 0.717) is 23.7 Å². The Hall–Kier alpha value is -2.45. The summed E-state index contributed by atoms with van der Waals surface area (Å²) in [6.07, 6.45) is 2.61. The molecule has 7 nitrogen and oxygen atoms in total. The Bertz CT molecular complexity index is 845. The number of anilines is 2. The molecule has 2 aromatic heterocycles. The van der Waals surface area contributed by atoms with Crippen LogP contribution in [0, 0.1) is 6.92 Å². The van der Waals surface area contributed by atoms with Crippen LogP contribution in [-0.2, 0) is 16.0 Å². The Morgan fingerprint density at radius 1 is 1.21 bits per heavy atom. The fourth-order valence-corrected chi connectivity index (χ4v) is 4.63. The smallest absolute Gasteiger partial charge is 0.341 e. The number of amides is 1. The van der Waals surface area contributed by atoms with Gasteiger partial charge in [0.05, 0.1) is 18.7 Å². The van der Waals surface area contributed by atoms with Crippen molar-refractivity contribution in [2.24, 2.45) is 0 Å². The molecule has 1 saturated heterocycles. The lowest BCUT2D eigenvalue weighted by Gasteiger charge is -2.34. The maximum Gasteiger partial charge on any atom is 0.341 e. The first-order valence-electron chi connectivity index (χ1n) is 10.0. The van der Waals surface area contributed by atoms with E-state index in [1.807, 2.05) is 32.0 Å². The molecule has 0 saturated carbocycles. The number of esters is 1. The Morgan fingerprint density at radius 3 is 2.59 bits per heavy atom. The molecule has 0 spiro atoms. The van der Waals surface area contributed by atoms with Gasteiger partial charge in [-0.15, -0.1) is 11.3 Å². The lowest BCUT2D eigenvalue weighted by Crippen LogP contribution is -2.48. The number of ether oxygens (including phenoxy) is 1. The van der Waals surface area contributed by atoms with Crippen LogP contribution in [-0.4, -0.2) is 61.1 Å². The first-order chi connectivity index (χ1) is 14.0. The van der Waals surface area contributed by atoms with Gasteiger partial charge in [-0.1, -0.05) is 13.0 Å². The van der Waals surface area contributed by atoms with E-state index in [4.69, 9.17) is 4.74 Å². The summed E-state index contributed by atoms with van der Waals surface area (Å²) in [5.74, 6) is 0.489. The number of nitrogens with one attached hydrogen (secondary N) is 1. The summed E-state index contributed by atoms with van der Waals surface area (Å²) in [5.41, 5.74) is 1.39. The number of piperazine rings is 1. The van der Waals surface area contributed by atoms with Gasteiger partial charge in [-0.25, -0.2) is 9.78 Å². The third-order valence-electron chi connectivity index (χ3n) is 5.01. The normalized spacial score (nSPS) is 14.7. The summed E-state index contributed by atoms with van der Waals surface area (Å²) in [7, 11) is 0. The van der Waals surface area contributed by atoms with Crippen LogP contribution in [0.5, 0.6) is 0 Å². The fraction of sp³-hybridized carbons (Fsp3) is 0.476. The average molecular weight is 417 g/mol. The minimum atomic E-state index is -0.375. The van der Waals surface area contributed by atoms with Gasteiger partial charge >= 0.3 is 5.97 Å². The number of aryl methyl sites for hydroxylation is 1. The minimum absolute atomic E-state index is 0.106. The predicted molar refractivity (Wildman–Crippen MR) is 116 cm³/mol. The molecule has 2 aromatic rings. The van der Waals surface area contributed by atoms with Gasteiger partial charge in [0.2, 0.25) is 5.91 Å². The van der Waals surface area contributed by atoms with Gasteiger partial charge in [0, 0.05) is 37.3 Å². The summed E-state index contributed by atoms with van der Waals surface area (Å²) in [6, 6.07) is 5.89. The molecule has 1 N–H and O–H groups in total. The highest BCUT2D eigenvalue weighted by molar-refractivity contribution is 7.17. The van der Waals surface area contributed by atoms with Crippen molar-refractivity contribution < 1.29 is 14.3 Å². The van der Waals surface area contributed by atoms with Crippen LogP contribution < -0.4 is 10.2 Å². The third-order valence-corrected chi connectivity index (χ3v) is 6.36. The maximum absolute atomic E-state index is 12.6. The predicted octanol–water partition coefficient (Wildman–Crippen LogP) is 2.95. The topological polar surface area (TPSA) is 74.8 Å². The molecule has 1 aliphatic heterocycles. The van der Waals surface area contributed by atoms with E-state index in [1.54, 1.807) is 13.1 Å². The number of nitrogens with zero attached hydrogens (tertiary/aromatic N) is 3. The van der Waals surface area contributed by atoms with Crippen molar-refractivity contribution in [3.63, 3.8) is 0 Å². The van der Waals surface area contributed by atoms with E-state index < -0.39 is 0 Å². The van der Waals surface area contributed by atoms with Gasteiger partial charge in [-0.05, 0) is 38.0 Å². The first kappa shape index (κ1) is 21.3. The van der Waals surface area contributed by atoms with E-state index in [2.05, 4.69) is 20.1 Å². The summed E-state index contributed by atoms with van der Waals surface area (Å²) in [4.78, 5) is 34.8. The van der Waals surface area contributed by atoms with E-state index in [-0.39, 0.29) is 11.9 Å².